The highest BCUT2D eigenvalue weighted by molar-refractivity contribution is 7.15. The molecule has 2 aromatic rings. The van der Waals surface area contributed by atoms with E-state index in [-0.39, 0.29) is 21.7 Å². The van der Waals surface area contributed by atoms with Crippen molar-refractivity contribution < 1.29 is 14.3 Å². The summed E-state index contributed by atoms with van der Waals surface area (Å²) in [5.74, 6) is -1.80. The minimum atomic E-state index is -1.17. The molecule has 0 spiro atoms. The van der Waals surface area contributed by atoms with E-state index in [4.69, 9.17) is 11.6 Å². The summed E-state index contributed by atoms with van der Waals surface area (Å²) in [6.07, 6.45) is 0. The fourth-order valence-electron chi connectivity index (χ4n) is 1.65. The summed E-state index contributed by atoms with van der Waals surface area (Å²) in [4.78, 5) is 15.8. The van der Waals surface area contributed by atoms with Crippen LogP contribution in [0.25, 0.3) is 10.4 Å². The Morgan fingerprint density at radius 2 is 2.05 bits per heavy atom. The zero-order chi connectivity index (χ0) is 15.1. The summed E-state index contributed by atoms with van der Waals surface area (Å²) in [5, 5.41) is 9.86. The molecule has 20 heavy (non-hydrogen) atoms. The molecule has 1 heterocycles. The number of hydrogen-bond donors (Lipinski definition) is 1. The monoisotopic (exact) mass is 313 g/mol. The number of aromatic carboxylic acids is 1. The van der Waals surface area contributed by atoms with Gasteiger partial charge >= 0.3 is 5.97 Å². The van der Waals surface area contributed by atoms with E-state index in [1.165, 1.54) is 23.5 Å². The molecule has 0 atom stereocenters. The van der Waals surface area contributed by atoms with Gasteiger partial charge in [-0.25, -0.2) is 14.2 Å². The van der Waals surface area contributed by atoms with Gasteiger partial charge in [-0.1, -0.05) is 44.5 Å². The molecule has 0 amide bonds. The van der Waals surface area contributed by atoms with Crippen molar-refractivity contribution in [1.82, 2.24) is 4.98 Å². The van der Waals surface area contributed by atoms with Crippen LogP contribution in [0.3, 0.4) is 0 Å². The number of aromatic nitrogens is 1. The molecule has 106 valence electrons. The molecular weight excluding hydrogens is 301 g/mol. The number of nitrogens with zero attached hydrogens (tertiary/aromatic N) is 1. The summed E-state index contributed by atoms with van der Waals surface area (Å²) < 4.78 is 14.1. The van der Waals surface area contributed by atoms with Crippen LogP contribution in [0, 0.1) is 5.82 Å². The fourth-order valence-corrected chi connectivity index (χ4v) is 2.96. The third-order valence-corrected chi connectivity index (χ3v) is 4.47. The van der Waals surface area contributed by atoms with Gasteiger partial charge in [0.2, 0.25) is 0 Å². The molecule has 0 fully saturated rings. The predicted molar refractivity (Wildman–Crippen MR) is 78.2 cm³/mol. The Kier molecular flexibility index (Phi) is 3.84. The zero-order valence-electron chi connectivity index (χ0n) is 11.2. The highest BCUT2D eigenvalue weighted by Crippen LogP contribution is 2.38. The second kappa shape index (κ2) is 5.14. The van der Waals surface area contributed by atoms with Gasteiger partial charge in [-0.15, -0.1) is 11.3 Å². The number of hydrogen-bond acceptors (Lipinski definition) is 3. The first-order valence-corrected chi connectivity index (χ1v) is 7.10. The molecular formula is C14H13ClFNO2S. The van der Waals surface area contributed by atoms with Gasteiger partial charge in [-0.2, -0.15) is 0 Å². The number of carboxylic acid groups (broad SMARTS) is 1. The minimum absolute atomic E-state index is 0.0375. The minimum Gasteiger partial charge on any atom is -0.476 e. The Morgan fingerprint density at radius 1 is 1.40 bits per heavy atom. The molecule has 0 bridgehead atoms. The van der Waals surface area contributed by atoms with Crippen molar-refractivity contribution in [2.45, 2.75) is 26.2 Å². The number of halogens is 2. The van der Waals surface area contributed by atoms with Crippen LogP contribution in [0.1, 0.15) is 36.3 Å². The van der Waals surface area contributed by atoms with Crippen molar-refractivity contribution in [3.05, 3.63) is 39.7 Å². The third-order valence-electron chi connectivity index (χ3n) is 2.67. The van der Waals surface area contributed by atoms with Crippen molar-refractivity contribution in [2.24, 2.45) is 0 Å². The molecule has 0 aliphatic carbocycles. The number of rotatable bonds is 2. The first-order valence-electron chi connectivity index (χ1n) is 5.91. The zero-order valence-corrected chi connectivity index (χ0v) is 12.8. The number of carbonyl (C=O) groups is 1. The number of benzene rings is 1. The van der Waals surface area contributed by atoms with E-state index in [0.29, 0.717) is 9.88 Å². The Morgan fingerprint density at radius 3 is 2.60 bits per heavy atom. The van der Waals surface area contributed by atoms with Gasteiger partial charge < -0.3 is 5.11 Å². The van der Waals surface area contributed by atoms with Gasteiger partial charge in [0.25, 0.3) is 0 Å². The SMILES string of the molecule is CC(C)(C)c1nc(C(=O)O)c(-c2cccc(Cl)c2F)s1. The Hall–Kier alpha value is -1.46. The third kappa shape index (κ3) is 2.69. The van der Waals surface area contributed by atoms with E-state index < -0.39 is 11.8 Å². The average Bonchev–Trinajstić information content (AvgIpc) is 2.77. The van der Waals surface area contributed by atoms with Crippen LogP contribution >= 0.6 is 22.9 Å². The van der Waals surface area contributed by atoms with Gasteiger partial charge in [-0.3, -0.25) is 0 Å². The molecule has 1 aromatic heterocycles. The molecule has 0 radical (unpaired) electrons. The topological polar surface area (TPSA) is 50.2 Å². The summed E-state index contributed by atoms with van der Waals surface area (Å²) in [5.41, 5.74) is -0.272. The van der Waals surface area contributed by atoms with Crippen molar-refractivity contribution >= 4 is 28.9 Å². The van der Waals surface area contributed by atoms with E-state index in [2.05, 4.69) is 4.98 Å². The van der Waals surface area contributed by atoms with Crippen LogP contribution in [0.5, 0.6) is 0 Å². The van der Waals surface area contributed by atoms with E-state index in [0.717, 1.165) is 0 Å². The maximum absolute atomic E-state index is 14.1. The first kappa shape index (κ1) is 14.9. The van der Waals surface area contributed by atoms with Crippen LogP contribution in [0.15, 0.2) is 18.2 Å². The second-order valence-corrected chi connectivity index (χ2v) is 6.76. The van der Waals surface area contributed by atoms with Crippen molar-refractivity contribution in [3.8, 4) is 10.4 Å². The van der Waals surface area contributed by atoms with Gasteiger partial charge in [0, 0.05) is 11.0 Å². The molecule has 0 saturated heterocycles. The van der Waals surface area contributed by atoms with Gasteiger partial charge in [0.15, 0.2) is 5.69 Å². The van der Waals surface area contributed by atoms with Crippen LogP contribution in [0.2, 0.25) is 5.02 Å². The molecule has 0 aliphatic rings. The van der Waals surface area contributed by atoms with E-state index >= 15 is 0 Å². The van der Waals surface area contributed by atoms with Crippen molar-refractivity contribution in [1.29, 1.82) is 0 Å². The maximum atomic E-state index is 14.1. The standard InChI is InChI=1S/C14H13ClFNO2S/c1-14(2,3)13-17-10(12(18)19)11(20-13)7-5-4-6-8(15)9(7)16/h4-6H,1-3H3,(H,18,19). The molecule has 1 aromatic carbocycles. The lowest BCUT2D eigenvalue weighted by Gasteiger charge is -2.13. The molecule has 0 aliphatic heterocycles. The summed E-state index contributed by atoms with van der Waals surface area (Å²) >= 11 is 6.93. The largest absolute Gasteiger partial charge is 0.476 e. The quantitative estimate of drug-likeness (QED) is 0.881. The van der Waals surface area contributed by atoms with Gasteiger partial charge in [0.1, 0.15) is 5.82 Å². The lowest BCUT2D eigenvalue weighted by Crippen LogP contribution is -2.11. The lowest BCUT2D eigenvalue weighted by atomic mass is 9.98. The van der Waals surface area contributed by atoms with Crippen LogP contribution in [-0.4, -0.2) is 16.1 Å². The van der Waals surface area contributed by atoms with Crippen LogP contribution in [-0.2, 0) is 5.41 Å². The molecule has 0 saturated carbocycles. The van der Waals surface area contributed by atoms with Crippen molar-refractivity contribution in [3.63, 3.8) is 0 Å². The Balaban J connectivity index is 2.70. The molecule has 0 unspecified atom stereocenters. The maximum Gasteiger partial charge on any atom is 0.356 e. The van der Waals surface area contributed by atoms with Crippen LogP contribution in [0.4, 0.5) is 4.39 Å². The summed E-state index contributed by atoms with van der Waals surface area (Å²) in [6.45, 7) is 5.78. The highest BCUT2D eigenvalue weighted by atomic mass is 35.5. The van der Waals surface area contributed by atoms with E-state index in [9.17, 15) is 14.3 Å². The van der Waals surface area contributed by atoms with Crippen LogP contribution < -0.4 is 0 Å². The summed E-state index contributed by atoms with van der Waals surface area (Å²) in [7, 11) is 0. The van der Waals surface area contributed by atoms with Gasteiger partial charge in [-0.05, 0) is 6.07 Å². The Bertz CT molecular complexity index is 676. The highest BCUT2D eigenvalue weighted by Gasteiger charge is 2.26. The predicted octanol–water partition coefficient (Wildman–Crippen LogP) is 4.60. The normalized spacial score (nSPS) is 11.7. The fraction of sp³-hybridized carbons (Fsp3) is 0.286. The first-order chi connectivity index (χ1) is 9.21. The molecule has 6 heteroatoms. The Labute approximate surface area is 125 Å². The smallest absolute Gasteiger partial charge is 0.356 e. The molecule has 2 rings (SSSR count). The average molecular weight is 314 g/mol. The molecule has 3 nitrogen and oxygen atoms in total. The number of thiazole rings is 1. The van der Waals surface area contributed by atoms with Gasteiger partial charge in [0.05, 0.1) is 14.9 Å². The number of carboxylic acids is 1. The van der Waals surface area contributed by atoms with Crippen molar-refractivity contribution in [2.75, 3.05) is 0 Å². The lowest BCUT2D eigenvalue weighted by molar-refractivity contribution is 0.0692. The van der Waals surface area contributed by atoms with E-state index in [1.54, 1.807) is 6.07 Å². The van der Waals surface area contributed by atoms with E-state index in [1.807, 2.05) is 20.8 Å². The summed E-state index contributed by atoms with van der Waals surface area (Å²) in [6, 6.07) is 4.52. The second-order valence-electron chi connectivity index (χ2n) is 5.35. The molecule has 1 N–H and O–H groups in total.